The molecule has 3 nitrogen and oxygen atoms in total. The molecule has 0 amide bonds. The van der Waals surface area contributed by atoms with Gasteiger partial charge in [0.25, 0.3) is 0 Å². The van der Waals surface area contributed by atoms with Crippen LogP contribution in [0.5, 0.6) is 0 Å². The van der Waals surface area contributed by atoms with Gasteiger partial charge in [-0.25, -0.2) is 4.98 Å². The quantitative estimate of drug-likeness (QED) is 0.378. The summed E-state index contributed by atoms with van der Waals surface area (Å²) in [5, 5.41) is 3.57. The number of carbonyl (C=O) groups is 1. The molecule has 0 aliphatic rings. The smallest absolute Gasteiger partial charge is 0.153 e. The van der Waals surface area contributed by atoms with Crippen molar-refractivity contribution < 1.29 is 4.79 Å². The van der Waals surface area contributed by atoms with Gasteiger partial charge in [-0.3, -0.25) is 4.79 Å². The minimum atomic E-state index is 0.252. The van der Waals surface area contributed by atoms with Crippen molar-refractivity contribution in [2.24, 2.45) is 0 Å². The number of aryl methyl sites for hydroxylation is 2. The number of hydrogen-bond acceptors (Lipinski definition) is 2. The van der Waals surface area contributed by atoms with Crippen LogP contribution < -0.4 is 0 Å². The third kappa shape index (κ3) is 2.04. The number of benzene rings is 2. The molecule has 0 N–H and O–H groups in total. The van der Waals surface area contributed by atoms with Crippen molar-refractivity contribution >= 4 is 50.6 Å². The number of aldehydes is 1. The molecule has 0 fully saturated rings. The Hall–Kier alpha value is -2.39. The van der Waals surface area contributed by atoms with E-state index in [2.05, 4.69) is 53.7 Å². The second-order valence-electron chi connectivity index (χ2n) is 5.81. The molecule has 0 aliphatic carbocycles. The van der Waals surface area contributed by atoms with Gasteiger partial charge in [-0.05, 0) is 44.2 Å². The summed E-state index contributed by atoms with van der Waals surface area (Å²) in [6, 6.07) is 12.5. The average molecular weight is 323 g/mol. The van der Waals surface area contributed by atoms with E-state index in [4.69, 9.17) is 11.6 Å². The van der Waals surface area contributed by atoms with E-state index in [-0.39, 0.29) is 5.15 Å². The maximum absolute atomic E-state index is 11.1. The predicted octanol–water partition coefficient (Wildman–Crippen LogP) is 5.14. The minimum Gasteiger partial charge on any atom is -0.341 e. The van der Waals surface area contributed by atoms with Crippen LogP contribution in [-0.2, 0) is 6.54 Å². The molecule has 0 radical (unpaired) electrons. The Morgan fingerprint density at radius 2 is 1.91 bits per heavy atom. The first-order valence-electron chi connectivity index (χ1n) is 7.60. The molecule has 0 aliphatic heterocycles. The monoisotopic (exact) mass is 322 g/mol. The Morgan fingerprint density at radius 1 is 1.13 bits per heavy atom. The normalized spacial score (nSPS) is 11.6. The first-order chi connectivity index (χ1) is 11.1. The van der Waals surface area contributed by atoms with Crippen LogP contribution in [0.25, 0.3) is 32.7 Å². The molecule has 4 rings (SSSR count). The number of nitrogens with zero attached hydrogens (tertiary/aromatic N) is 2. The number of carbonyl (C=O) groups excluding carboxylic acids is 1. The molecule has 4 heteroatoms. The van der Waals surface area contributed by atoms with Crippen LogP contribution >= 0.6 is 11.6 Å². The summed E-state index contributed by atoms with van der Waals surface area (Å²) in [6.07, 6.45) is 0.748. The molecular formula is C19H15ClN2O. The fraction of sp³-hybridized carbons (Fsp3) is 0.158. The van der Waals surface area contributed by atoms with Crippen molar-refractivity contribution in [3.05, 3.63) is 52.7 Å². The molecule has 2 aromatic carbocycles. The van der Waals surface area contributed by atoms with Gasteiger partial charge >= 0.3 is 0 Å². The number of rotatable bonds is 2. The number of halogens is 1. The minimum absolute atomic E-state index is 0.252. The van der Waals surface area contributed by atoms with Gasteiger partial charge in [-0.2, -0.15) is 0 Å². The molecule has 2 aromatic heterocycles. The number of aromatic nitrogens is 2. The van der Waals surface area contributed by atoms with Crippen molar-refractivity contribution in [1.82, 2.24) is 9.55 Å². The molecule has 0 atom stereocenters. The topological polar surface area (TPSA) is 34.9 Å². The Kier molecular flexibility index (Phi) is 3.13. The zero-order chi connectivity index (χ0) is 16.1. The average Bonchev–Trinajstić information content (AvgIpc) is 2.84. The van der Waals surface area contributed by atoms with Gasteiger partial charge in [-0.1, -0.05) is 23.2 Å². The first-order valence-corrected chi connectivity index (χ1v) is 7.98. The Bertz CT molecular complexity index is 1100. The molecule has 23 heavy (non-hydrogen) atoms. The summed E-state index contributed by atoms with van der Waals surface area (Å²) < 4.78 is 2.29. The summed E-state index contributed by atoms with van der Waals surface area (Å²) in [4.78, 5) is 15.5. The van der Waals surface area contributed by atoms with E-state index in [9.17, 15) is 4.79 Å². The predicted molar refractivity (Wildman–Crippen MR) is 95.6 cm³/mol. The van der Waals surface area contributed by atoms with Crippen molar-refractivity contribution in [3.8, 4) is 0 Å². The summed E-state index contributed by atoms with van der Waals surface area (Å²) in [5.41, 5.74) is 4.83. The Labute approximate surface area is 138 Å². The molecule has 114 valence electrons. The molecular weight excluding hydrogens is 308 g/mol. The standard InChI is InChI=1S/C19H15ClN2O/c1-3-22-17-5-4-11(2)6-14(17)15-9-16-12(8-18(15)22)7-13(10-23)19(20)21-16/h4-10H,3H2,1-2H3. The van der Waals surface area contributed by atoms with E-state index in [1.807, 2.05) is 0 Å². The lowest BCUT2D eigenvalue weighted by Crippen LogP contribution is -1.93. The third-order valence-electron chi connectivity index (χ3n) is 4.38. The maximum atomic E-state index is 11.1. The lowest BCUT2D eigenvalue weighted by atomic mass is 10.1. The van der Waals surface area contributed by atoms with Gasteiger partial charge in [0, 0.05) is 33.7 Å². The molecule has 0 bridgehead atoms. The zero-order valence-electron chi connectivity index (χ0n) is 12.9. The van der Waals surface area contributed by atoms with Crippen LogP contribution in [0.4, 0.5) is 0 Å². The van der Waals surface area contributed by atoms with Crippen molar-refractivity contribution in [1.29, 1.82) is 0 Å². The van der Waals surface area contributed by atoms with E-state index >= 15 is 0 Å². The van der Waals surface area contributed by atoms with E-state index in [1.54, 1.807) is 6.07 Å². The maximum Gasteiger partial charge on any atom is 0.153 e. The zero-order valence-corrected chi connectivity index (χ0v) is 13.7. The fourth-order valence-electron chi connectivity index (χ4n) is 3.30. The molecule has 0 spiro atoms. The van der Waals surface area contributed by atoms with Crippen molar-refractivity contribution in [3.63, 3.8) is 0 Å². The number of hydrogen-bond donors (Lipinski definition) is 0. The van der Waals surface area contributed by atoms with E-state index in [1.165, 1.54) is 21.9 Å². The summed E-state index contributed by atoms with van der Waals surface area (Å²) >= 11 is 6.08. The van der Waals surface area contributed by atoms with Gasteiger partial charge < -0.3 is 4.57 Å². The SMILES string of the molecule is CCn1c2ccc(C)cc2c2cc3nc(Cl)c(C=O)cc3cc21. The largest absolute Gasteiger partial charge is 0.341 e. The highest BCUT2D eigenvalue weighted by molar-refractivity contribution is 6.32. The molecule has 0 saturated heterocycles. The van der Waals surface area contributed by atoms with Crippen molar-refractivity contribution in [2.75, 3.05) is 0 Å². The molecule has 0 unspecified atom stereocenters. The summed E-state index contributed by atoms with van der Waals surface area (Å²) in [7, 11) is 0. The van der Waals surface area contributed by atoms with E-state index < -0.39 is 0 Å². The lowest BCUT2D eigenvalue weighted by molar-refractivity contribution is 0.112. The van der Waals surface area contributed by atoms with Crippen LogP contribution in [0.3, 0.4) is 0 Å². The highest BCUT2D eigenvalue weighted by atomic mass is 35.5. The molecule has 2 heterocycles. The van der Waals surface area contributed by atoms with E-state index in [0.29, 0.717) is 5.56 Å². The van der Waals surface area contributed by atoms with Crippen LogP contribution in [0.15, 0.2) is 36.4 Å². The number of pyridine rings is 1. The summed E-state index contributed by atoms with van der Waals surface area (Å²) in [6.45, 7) is 5.12. The van der Waals surface area contributed by atoms with Crippen LogP contribution in [0.2, 0.25) is 5.15 Å². The van der Waals surface area contributed by atoms with Gasteiger partial charge in [0.15, 0.2) is 6.29 Å². The second-order valence-corrected chi connectivity index (χ2v) is 6.17. The highest BCUT2D eigenvalue weighted by Crippen LogP contribution is 2.33. The number of fused-ring (bicyclic) bond motifs is 4. The lowest BCUT2D eigenvalue weighted by Gasteiger charge is -2.05. The highest BCUT2D eigenvalue weighted by Gasteiger charge is 2.13. The van der Waals surface area contributed by atoms with Crippen molar-refractivity contribution in [2.45, 2.75) is 20.4 Å². The first kappa shape index (κ1) is 14.2. The van der Waals surface area contributed by atoms with Crippen LogP contribution in [0.1, 0.15) is 22.8 Å². The summed E-state index contributed by atoms with van der Waals surface area (Å²) in [5.74, 6) is 0. The fourth-order valence-corrected chi connectivity index (χ4v) is 3.49. The van der Waals surface area contributed by atoms with Crippen LogP contribution in [-0.4, -0.2) is 15.8 Å². The third-order valence-corrected chi connectivity index (χ3v) is 4.68. The molecule has 0 saturated carbocycles. The Morgan fingerprint density at radius 3 is 2.65 bits per heavy atom. The Balaban J connectivity index is 2.21. The van der Waals surface area contributed by atoms with Gasteiger partial charge in [0.1, 0.15) is 5.15 Å². The van der Waals surface area contributed by atoms with Gasteiger partial charge in [0.05, 0.1) is 11.1 Å². The van der Waals surface area contributed by atoms with Gasteiger partial charge in [0.2, 0.25) is 0 Å². The molecule has 4 aromatic rings. The second kappa shape index (κ2) is 5.07. The van der Waals surface area contributed by atoms with Gasteiger partial charge in [-0.15, -0.1) is 0 Å². The van der Waals surface area contributed by atoms with Crippen LogP contribution in [0, 0.1) is 6.92 Å². The van der Waals surface area contributed by atoms with E-state index in [0.717, 1.165) is 29.3 Å².